The van der Waals surface area contributed by atoms with Gasteiger partial charge in [0, 0.05) is 24.4 Å². The first-order valence-corrected chi connectivity index (χ1v) is 14.3. The number of rotatable bonds is 5. The van der Waals surface area contributed by atoms with E-state index in [0.29, 0.717) is 18.2 Å². The third-order valence-electron chi connectivity index (χ3n) is 7.10. The summed E-state index contributed by atoms with van der Waals surface area (Å²) < 4.78 is 10.6. The maximum absolute atomic E-state index is 13.2. The van der Waals surface area contributed by atoms with Gasteiger partial charge >= 0.3 is 12.2 Å². The third-order valence-corrected chi connectivity index (χ3v) is 7.87. The summed E-state index contributed by atoms with van der Waals surface area (Å²) in [5.41, 5.74) is 4.25. The van der Waals surface area contributed by atoms with Crippen LogP contribution in [0.15, 0.2) is 53.9 Å². The second-order valence-corrected chi connectivity index (χ2v) is 11.9. The van der Waals surface area contributed by atoms with Crippen molar-refractivity contribution in [2.24, 2.45) is 0 Å². The molecule has 10 heteroatoms. The molecular weight excluding hydrogens is 528 g/mol. The van der Waals surface area contributed by atoms with Gasteiger partial charge in [0.1, 0.15) is 12.1 Å². The highest BCUT2D eigenvalue weighted by atomic mass is 32.1. The molecule has 5 rings (SSSR count). The minimum Gasteiger partial charge on any atom is -0.453 e. The number of hydrogen-bond donors (Lipinski definition) is 1. The molecule has 1 unspecified atom stereocenters. The lowest BCUT2D eigenvalue weighted by atomic mass is 9.96. The Balaban J connectivity index is 1.28. The van der Waals surface area contributed by atoms with Crippen LogP contribution in [0.5, 0.6) is 0 Å². The number of benzene rings is 2. The molecular formula is C30H34N4O5S. The molecule has 40 heavy (non-hydrogen) atoms. The molecule has 1 atom stereocenters. The average Bonchev–Trinajstić information content (AvgIpc) is 3.53. The lowest BCUT2D eigenvalue weighted by Gasteiger charge is -2.33. The second-order valence-electron chi connectivity index (χ2n) is 11.1. The largest absolute Gasteiger partial charge is 0.453 e. The number of fused-ring (bicyclic) bond motifs is 3. The van der Waals surface area contributed by atoms with Crippen molar-refractivity contribution in [2.75, 3.05) is 32.1 Å². The molecule has 2 aliphatic rings. The SMILES string of the molecule is COC(=O)N(CC(=O)Nc1nc(C2CCCN(C(=O)OC(C)(C)C)C2)cs1)C1c2ccccc2-c2ccccc21. The molecule has 0 bridgehead atoms. The van der Waals surface area contributed by atoms with Crippen molar-refractivity contribution in [3.63, 3.8) is 0 Å². The van der Waals surface area contributed by atoms with E-state index in [1.807, 2.05) is 74.7 Å². The Morgan fingerprint density at radius 2 is 1.73 bits per heavy atom. The van der Waals surface area contributed by atoms with E-state index in [1.54, 1.807) is 4.90 Å². The van der Waals surface area contributed by atoms with E-state index in [9.17, 15) is 14.4 Å². The van der Waals surface area contributed by atoms with Crippen LogP contribution in [-0.4, -0.2) is 65.2 Å². The van der Waals surface area contributed by atoms with E-state index in [-0.39, 0.29) is 24.5 Å². The van der Waals surface area contributed by atoms with E-state index >= 15 is 0 Å². The lowest BCUT2D eigenvalue weighted by molar-refractivity contribution is -0.117. The molecule has 3 amide bonds. The Kier molecular flexibility index (Phi) is 7.80. The number of nitrogens with one attached hydrogen (secondary N) is 1. The molecule has 2 heterocycles. The van der Waals surface area contributed by atoms with E-state index < -0.39 is 17.7 Å². The average molecular weight is 563 g/mol. The number of aromatic nitrogens is 1. The molecule has 0 radical (unpaired) electrons. The first kappa shape index (κ1) is 27.6. The Labute approximate surface area is 238 Å². The number of methoxy groups -OCH3 is 1. The number of anilines is 1. The molecule has 3 aromatic rings. The van der Waals surface area contributed by atoms with Crippen molar-refractivity contribution < 1.29 is 23.9 Å². The third kappa shape index (κ3) is 5.82. The zero-order valence-corrected chi connectivity index (χ0v) is 24.0. The number of amides is 3. The van der Waals surface area contributed by atoms with E-state index in [1.165, 1.54) is 23.3 Å². The summed E-state index contributed by atoms with van der Waals surface area (Å²) >= 11 is 1.33. The monoisotopic (exact) mass is 562 g/mol. The van der Waals surface area contributed by atoms with Crippen molar-refractivity contribution >= 4 is 34.6 Å². The van der Waals surface area contributed by atoms with Crippen LogP contribution >= 0.6 is 11.3 Å². The molecule has 1 aliphatic carbocycles. The van der Waals surface area contributed by atoms with Crippen LogP contribution in [-0.2, 0) is 14.3 Å². The summed E-state index contributed by atoms with van der Waals surface area (Å²) in [5, 5.41) is 5.23. The number of thiazole rings is 1. The Morgan fingerprint density at radius 3 is 2.35 bits per heavy atom. The van der Waals surface area contributed by atoms with E-state index in [0.717, 1.165) is 40.8 Å². The molecule has 210 valence electrons. The minimum absolute atomic E-state index is 0.0567. The van der Waals surface area contributed by atoms with Gasteiger partial charge in [0.25, 0.3) is 0 Å². The highest BCUT2D eigenvalue weighted by Crippen LogP contribution is 2.46. The number of piperidine rings is 1. The van der Waals surface area contributed by atoms with E-state index in [4.69, 9.17) is 9.47 Å². The highest BCUT2D eigenvalue weighted by Gasteiger charge is 2.37. The topological polar surface area (TPSA) is 101 Å². The summed E-state index contributed by atoms with van der Waals surface area (Å²) in [6, 6.07) is 15.3. The van der Waals surface area contributed by atoms with Crippen molar-refractivity contribution in [1.29, 1.82) is 0 Å². The van der Waals surface area contributed by atoms with Crippen LogP contribution in [0.1, 0.15) is 62.4 Å². The Bertz CT molecular complexity index is 1370. The molecule has 1 fully saturated rings. The zero-order valence-electron chi connectivity index (χ0n) is 23.2. The molecule has 1 N–H and O–H groups in total. The van der Waals surface area contributed by atoms with Crippen molar-refractivity contribution in [2.45, 2.75) is 51.2 Å². The standard InChI is InChI=1S/C30H34N4O5S/c1-30(2,3)39-28(36)33-15-9-10-19(16-33)24-18-40-27(31-24)32-25(35)17-34(29(37)38-4)26-22-13-7-5-11-20(22)21-12-6-8-14-23(21)26/h5-8,11-14,18-19,26H,9-10,15-17H2,1-4H3,(H,31,32,35). The number of nitrogens with zero attached hydrogens (tertiary/aromatic N) is 3. The van der Waals surface area contributed by atoms with Gasteiger partial charge in [0.2, 0.25) is 5.91 Å². The van der Waals surface area contributed by atoms with Gasteiger partial charge in [-0.25, -0.2) is 14.6 Å². The van der Waals surface area contributed by atoms with Gasteiger partial charge in [-0.05, 0) is 55.9 Å². The summed E-state index contributed by atoms with van der Waals surface area (Å²) in [5.74, 6) is -0.312. The zero-order chi connectivity index (χ0) is 28.4. The molecule has 0 spiro atoms. The fourth-order valence-corrected chi connectivity index (χ4v) is 6.21. The van der Waals surface area contributed by atoms with Gasteiger partial charge in [0.05, 0.1) is 18.8 Å². The molecule has 2 aromatic carbocycles. The van der Waals surface area contributed by atoms with Gasteiger partial charge in [-0.1, -0.05) is 48.5 Å². The minimum atomic E-state index is -0.587. The molecule has 1 aromatic heterocycles. The van der Waals surface area contributed by atoms with Crippen molar-refractivity contribution in [3.8, 4) is 11.1 Å². The van der Waals surface area contributed by atoms with Crippen LogP contribution in [0.25, 0.3) is 11.1 Å². The number of hydrogen-bond acceptors (Lipinski definition) is 7. The quantitative estimate of drug-likeness (QED) is 0.407. The molecule has 1 aliphatic heterocycles. The van der Waals surface area contributed by atoms with Crippen LogP contribution in [0, 0.1) is 0 Å². The van der Waals surface area contributed by atoms with Crippen LogP contribution in [0.2, 0.25) is 0 Å². The second kappa shape index (κ2) is 11.3. The summed E-state index contributed by atoms with van der Waals surface area (Å²) in [4.78, 5) is 46.6. The fraction of sp³-hybridized carbons (Fsp3) is 0.400. The van der Waals surface area contributed by atoms with Crippen molar-refractivity contribution in [1.82, 2.24) is 14.8 Å². The predicted octanol–water partition coefficient (Wildman–Crippen LogP) is 6.03. The maximum atomic E-state index is 13.2. The van der Waals surface area contributed by atoms with Gasteiger partial charge in [-0.2, -0.15) is 0 Å². The van der Waals surface area contributed by atoms with Gasteiger partial charge in [-0.3, -0.25) is 9.69 Å². The first-order chi connectivity index (χ1) is 19.1. The normalized spacial score (nSPS) is 16.6. The number of carbonyl (C=O) groups is 3. The van der Waals surface area contributed by atoms with Crippen LogP contribution in [0.3, 0.4) is 0 Å². The summed E-state index contributed by atoms with van der Waals surface area (Å²) in [7, 11) is 1.32. The highest BCUT2D eigenvalue weighted by molar-refractivity contribution is 7.13. The van der Waals surface area contributed by atoms with Crippen molar-refractivity contribution in [3.05, 3.63) is 70.7 Å². The number of carbonyl (C=O) groups excluding carboxylic acids is 3. The molecule has 9 nitrogen and oxygen atoms in total. The molecule has 1 saturated heterocycles. The van der Waals surface area contributed by atoms with Crippen LogP contribution < -0.4 is 5.32 Å². The summed E-state index contributed by atoms with van der Waals surface area (Å²) in [6.07, 6.45) is 0.837. The Morgan fingerprint density at radius 1 is 1.07 bits per heavy atom. The van der Waals surface area contributed by atoms with Crippen LogP contribution in [0.4, 0.5) is 14.7 Å². The first-order valence-electron chi connectivity index (χ1n) is 13.4. The molecule has 0 saturated carbocycles. The van der Waals surface area contributed by atoms with Gasteiger partial charge in [0.15, 0.2) is 5.13 Å². The number of likely N-dealkylation sites (tertiary alicyclic amines) is 1. The maximum Gasteiger partial charge on any atom is 0.410 e. The van der Waals surface area contributed by atoms with E-state index in [2.05, 4.69) is 10.3 Å². The van der Waals surface area contributed by atoms with Gasteiger partial charge < -0.3 is 19.7 Å². The fourth-order valence-electron chi connectivity index (χ4n) is 5.40. The van der Waals surface area contributed by atoms with Gasteiger partial charge in [-0.15, -0.1) is 11.3 Å². The predicted molar refractivity (Wildman–Crippen MR) is 153 cm³/mol. The summed E-state index contributed by atoms with van der Waals surface area (Å²) in [6.45, 7) is 6.53. The number of ether oxygens (including phenoxy) is 2. The Hall–Kier alpha value is -3.92. The lowest BCUT2D eigenvalue weighted by Crippen LogP contribution is -2.42. The smallest absolute Gasteiger partial charge is 0.410 e.